The number of benzene rings is 1. The lowest BCUT2D eigenvalue weighted by Crippen LogP contribution is -2.44. The highest BCUT2D eigenvalue weighted by Gasteiger charge is 2.13. The van der Waals surface area contributed by atoms with Crippen molar-refractivity contribution >= 4 is 40.4 Å². The first kappa shape index (κ1) is 18.6. The van der Waals surface area contributed by atoms with E-state index in [1.807, 2.05) is 6.07 Å². The molecule has 25 heavy (non-hydrogen) atoms. The molecule has 2 heterocycles. The molecule has 0 radical (unpaired) electrons. The third-order valence-electron chi connectivity index (χ3n) is 4.05. The topological polar surface area (TPSA) is 57.3 Å². The molecule has 0 bridgehead atoms. The van der Waals surface area contributed by atoms with Gasteiger partial charge in [0.05, 0.1) is 10.0 Å². The average Bonchev–Trinajstić information content (AvgIpc) is 3.12. The van der Waals surface area contributed by atoms with Crippen LogP contribution < -0.4 is 10.6 Å². The van der Waals surface area contributed by atoms with Crippen LogP contribution in [0.2, 0.25) is 10.0 Å². The Kier molecular flexibility index (Phi) is 6.67. The summed E-state index contributed by atoms with van der Waals surface area (Å²) in [6, 6.07) is 5.34. The van der Waals surface area contributed by atoms with Gasteiger partial charge in [-0.05, 0) is 25.1 Å². The number of nitrogens with zero attached hydrogens (tertiary/aromatic N) is 2. The summed E-state index contributed by atoms with van der Waals surface area (Å²) in [5.74, 6) is -0.136. The number of halogens is 2. The third kappa shape index (κ3) is 5.15. The molecule has 5 nitrogen and oxygen atoms in total. The van der Waals surface area contributed by atoms with Crippen LogP contribution in [0.3, 0.4) is 0 Å². The number of amides is 1. The van der Waals surface area contributed by atoms with E-state index < -0.39 is 0 Å². The second-order valence-electron chi connectivity index (χ2n) is 5.87. The third-order valence-corrected chi connectivity index (χ3v) is 5.68. The van der Waals surface area contributed by atoms with Crippen LogP contribution in [0.5, 0.6) is 0 Å². The Bertz CT molecular complexity index is 731. The number of carbonyl (C=O) groups excluding carboxylic acids is 1. The van der Waals surface area contributed by atoms with Crippen molar-refractivity contribution in [1.29, 1.82) is 0 Å². The summed E-state index contributed by atoms with van der Waals surface area (Å²) in [5, 5.41) is 9.78. The summed E-state index contributed by atoms with van der Waals surface area (Å²) in [6.45, 7) is 5.90. The number of aromatic nitrogens is 1. The molecule has 1 saturated heterocycles. The number of piperazine rings is 1. The molecule has 0 aliphatic carbocycles. The SMILES string of the molecule is O=C(NCCCN1CCNCC1)c1csc(-c2ccc(Cl)c(Cl)c2)n1. The Morgan fingerprint density at radius 1 is 1.28 bits per heavy atom. The van der Waals surface area contributed by atoms with Crippen molar-refractivity contribution < 1.29 is 4.79 Å². The number of carbonyl (C=O) groups is 1. The minimum absolute atomic E-state index is 0.136. The van der Waals surface area contributed by atoms with Crippen LogP contribution in [0.15, 0.2) is 23.6 Å². The predicted molar refractivity (Wildman–Crippen MR) is 104 cm³/mol. The highest BCUT2D eigenvalue weighted by Crippen LogP contribution is 2.30. The van der Waals surface area contributed by atoms with E-state index in [9.17, 15) is 4.79 Å². The van der Waals surface area contributed by atoms with Crippen molar-refractivity contribution in [2.75, 3.05) is 39.3 Å². The van der Waals surface area contributed by atoms with Gasteiger partial charge in [0.1, 0.15) is 10.7 Å². The number of rotatable bonds is 6. The van der Waals surface area contributed by atoms with Crippen LogP contribution in [0.4, 0.5) is 0 Å². The van der Waals surface area contributed by atoms with E-state index >= 15 is 0 Å². The van der Waals surface area contributed by atoms with E-state index in [0.29, 0.717) is 22.3 Å². The van der Waals surface area contributed by atoms with Crippen molar-refractivity contribution in [2.24, 2.45) is 0 Å². The van der Waals surface area contributed by atoms with Gasteiger partial charge in [0.25, 0.3) is 5.91 Å². The highest BCUT2D eigenvalue weighted by atomic mass is 35.5. The molecular formula is C17H20Cl2N4OS. The summed E-state index contributed by atoms with van der Waals surface area (Å²) in [6.07, 6.45) is 0.940. The highest BCUT2D eigenvalue weighted by molar-refractivity contribution is 7.13. The summed E-state index contributed by atoms with van der Waals surface area (Å²) in [5.41, 5.74) is 1.30. The fourth-order valence-corrected chi connectivity index (χ4v) is 3.76. The summed E-state index contributed by atoms with van der Waals surface area (Å²) < 4.78 is 0. The number of nitrogens with one attached hydrogen (secondary N) is 2. The van der Waals surface area contributed by atoms with Crippen LogP contribution in [0.1, 0.15) is 16.9 Å². The lowest BCUT2D eigenvalue weighted by molar-refractivity contribution is 0.0947. The van der Waals surface area contributed by atoms with Gasteiger partial charge >= 0.3 is 0 Å². The second-order valence-corrected chi connectivity index (χ2v) is 7.54. The Labute approximate surface area is 161 Å². The zero-order valence-electron chi connectivity index (χ0n) is 13.7. The van der Waals surface area contributed by atoms with Gasteiger partial charge in [0.2, 0.25) is 0 Å². The van der Waals surface area contributed by atoms with E-state index in [-0.39, 0.29) is 5.91 Å². The monoisotopic (exact) mass is 398 g/mol. The standard InChI is InChI=1S/C17H20Cl2N4OS/c18-13-3-2-12(10-14(13)19)17-22-15(11-25-17)16(24)21-4-1-7-23-8-5-20-6-9-23/h2-3,10-11,20H,1,4-9H2,(H,21,24). The maximum absolute atomic E-state index is 12.2. The minimum atomic E-state index is -0.136. The maximum atomic E-state index is 12.2. The molecule has 1 aliphatic rings. The lowest BCUT2D eigenvalue weighted by atomic mass is 10.2. The van der Waals surface area contributed by atoms with Crippen molar-refractivity contribution in [2.45, 2.75) is 6.42 Å². The molecule has 2 N–H and O–H groups in total. The molecule has 0 atom stereocenters. The normalized spacial score (nSPS) is 15.3. The van der Waals surface area contributed by atoms with E-state index in [1.165, 1.54) is 11.3 Å². The van der Waals surface area contributed by atoms with Crippen LogP contribution in [-0.2, 0) is 0 Å². The van der Waals surface area contributed by atoms with Crippen molar-refractivity contribution in [3.05, 3.63) is 39.3 Å². The molecule has 0 unspecified atom stereocenters. The lowest BCUT2D eigenvalue weighted by Gasteiger charge is -2.26. The number of hydrogen-bond donors (Lipinski definition) is 2. The van der Waals surface area contributed by atoms with Crippen molar-refractivity contribution in [3.63, 3.8) is 0 Å². The molecule has 0 saturated carbocycles. The molecule has 8 heteroatoms. The zero-order valence-corrected chi connectivity index (χ0v) is 16.1. The number of thiazole rings is 1. The summed E-state index contributed by atoms with van der Waals surface area (Å²) in [4.78, 5) is 19.0. The fraction of sp³-hybridized carbons (Fsp3) is 0.412. The minimum Gasteiger partial charge on any atom is -0.351 e. The Balaban J connectivity index is 1.49. The summed E-state index contributed by atoms with van der Waals surface area (Å²) in [7, 11) is 0. The Morgan fingerprint density at radius 2 is 2.08 bits per heavy atom. The predicted octanol–water partition coefficient (Wildman–Crippen LogP) is 3.14. The second kappa shape index (κ2) is 8.96. The quantitative estimate of drug-likeness (QED) is 0.733. The smallest absolute Gasteiger partial charge is 0.270 e. The van der Waals surface area contributed by atoms with Gasteiger partial charge in [-0.1, -0.05) is 29.3 Å². The molecule has 1 amide bonds. The van der Waals surface area contributed by atoms with E-state index in [1.54, 1.807) is 17.5 Å². The first-order chi connectivity index (χ1) is 12.1. The average molecular weight is 399 g/mol. The van der Waals surface area contributed by atoms with Crippen LogP contribution in [0, 0.1) is 0 Å². The molecule has 1 aliphatic heterocycles. The van der Waals surface area contributed by atoms with Crippen molar-refractivity contribution in [3.8, 4) is 10.6 Å². The molecule has 1 aromatic carbocycles. The molecular weight excluding hydrogens is 379 g/mol. The van der Waals surface area contributed by atoms with Gasteiger partial charge in [0.15, 0.2) is 0 Å². The fourth-order valence-electron chi connectivity index (χ4n) is 2.67. The van der Waals surface area contributed by atoms with Gasteiger partial charge in [0, 0.05) is 43.7 Å². The van der Waals surface area contributed by atoms with Gasteiger partial charge in [-0.2, -0.15) is 0 Å². The zero-order chi connectivity index (χ0) is 17.6. The maximum Gasteiger partial charge on any atom is 0.270 e. The molecule has 2 aromatic rings. The molecule has 1 fully saturated rings. The largest absolute Gasteiger partial charge is 0.351 e. The van der Waals surface area contributed by atoms with Gasteiger partial charge in [-0.15, -0.1) is 11.3 Å². The number of hydrogen-bond acceptors (Lipinski definition) is 5. The van der Waals surface area contributed by atoms with Gasteiger partial charge in [-0.25, -0.2) is 4.98 Å². The van der Waals surface area contributed by atoms with Gasteiger partial charge in [-0.3, -0.25) is 4.79 Å². The Morgan fingerprint density at radius 3 is 2.84 bits per heavy atom. The van der Waals surface area contributed by atoms with E-state index in [2.05, 4.69) is 20.5 Å². The van der Waals surface area contributed by atoms with Crippen molar-refractivity contribution in [1.82, 2.24) is 20.5 Å². The first-order valence-corrected chi connectivity index (χ1v) is 9.89. The molecule has 134 valence electrons. The first-order valence-electron chi connectivity index (χ1n) is 8.26. The van der Waals surface area contributed by atoms with Crippen LogP contribution in [-0.4, -0.2) is 55.1 Å². The Hall–Kier alpha value is -1.18. The summed E-state index contributed by atoms with van der Waals surface area (Å²) >= 11 is 13.4. The van der Waals surface area contributed by atoms with Crippen LogP contribution >= 0.6 is 34.5 Å². The van der Waals surface area contributed by atoms with Crippen LogP contribution in [0.25, 0.3) is 10.6 Å². The van der Waals surface area contributed by atoms with E-state index in [0.717, 1.165) is 49.7 Å². The van der Waals surface area contributed by atoms with E-state index in [4.69, 9.17) is 23.2 Å². The molecule has 0 spiro atoms. The molecule has 1 aromatic heterocycles. The van der Waals surface area contributed by atoms with Gasteiger partial charge < -0.3 is 15.5 Å². The molecule has 3 rings (SSSR count).